The molecule has 156 valence electrons. The highest BCUT2D eigenvalue weighted by Crippen LogP contribution is 2.27. The van der Waals surface area contributed by atoms with E-state index >= 15 is 0 Å². The standard InChI is InChI=1S/C20H31N3O4S/c21-28(25,26)19-8-6-18(7-9-19)27-15-14-22-10-12-23(13-11-22)20(24)16-17-4-2-1-3-5-17/h6-9,17H,1-5,10-16H2,(H2,21,25,26). The van der Waals surface area contributed by atoms with Crippen LogP contribution in [-0.4, -0.2) is 63.5 Å². The molecule has 1 aliphatic heterocycles. The molecule has 7 nitrogen and oxygen atoms in total. The van der Waals surface area contributed by atoms with Crippen molar-refractivity contribution in [3.63, 3.8) is 0 Å². The minimum absolute atomic E-state index is 0.0777. The van der Waals surface area contributed by atoms with E-state index in [9.17, 15) is 13.2 Å². The van der Waals surface area contributed by atoms with E-state index in [0.717, 1.165) is 39.1 Å². The molecule has 28 heavy (non-hydrogen) atoms. The number of amides is 1. The lowest BCUT2D eigenvalue weighted by molar-refractivity contribution is -0.134. The number of sulfonamides is 1. The molecule has 1 aliphatic carbocycles. The molecule has 2 fully saturated rings. The SMILES string of the molecule is NS(=O)(=O)c1ccc(OCCN2CCN(C(=O)CC3CCCCC3)CC2)cc1. The second-order valence-corrected chi connectivity index (χ2v) is 9.36. The largest absolute Gasteiger partial charge is 0.492 e. The average molecular weight is 410 g/mol. The normalized spacial score (nSPS) is 19.5. The number of ether oxygens (including phenoxy) is 1. The third-order valence-corrected chi connectivity index (χ3v) is 6.67. The Morgan fingerprint density at radius 1 is 1.04 bits per heavy atom. The molecule has 2 aliphatic rings. The molecular weight excluding hydrogens is 378 g/mol. The highest BCUT2D eigenvalue weighted by molar-refractivity contribution is 7.89. The Bertz CT molecular complexity index is 737. The van der Waals surface area contributed by atoms with Crippen LogP contribution in [0.25, 0.3) is 0 Å². The van der Waals surface area contributed by atoms with Crippen LogP contribution < -0.4 is 9.88 Å². The summed E-state index contributed by atoms with van der Waals surface area (Å²) in [5, 5.41) is 5.09. The molecule has 0 unspecified atom stereocenters. The van der Waals surface area contributed by atoms with Gasteiger partial charge >= 0.3 is 0 Å². The summed E-state index contributed by atoms with van der Waals surface area (Å²) in [4.78, 5) is 16.9. The van der Waals surface area contributed by atoms with Gasteiger partial charge in [-0.15, -0.1) is 0 Å². The molecular formula is C20H31N3O4S. The van der Waals surface area contributed by atoms with E-state index in [-0.39, 0.29) is 4.90 Å². The molecule has 1 aromatic rings. The maximum Gasteiger partial charge on any atom is 0.238 e. The average Bonchev–Trinajstić information content (AvgIpc) is 2.69. The van der Waals surface area contributed by atoms with Gasteiger partial charge in [0.1, 0.15) is 12.4 Å². The summed E-state index contributed by atoms with van der Waals surface area (Å²) in [5.74, 6) is 1.53. The Morgan fingerprint density at radius 2 is 1.68 bits per heavy atom. The molecule has 0 aromatic heterocycles. The monoisotopic (exact) mass is 409 g/mol. The van der Waals surface area contributed by atoms with Crippen molar-refractivity contribution in [2.45, 2.75) is 43.4 Å². The van der Waals surface area contributed by atoms with E-state index in [1.54, 1.807) is 12.1 Å². The van der Waals surface area contributed by atoms with Gasteiger partial charge in [0.15, 0.2) is 0 Å². The first-order valence-corrected chi connectivity index (χ1v) is 11.7. The van der Waals surface area contributed by atoms with Gasteiger partial charge in [0, 0.05) is 39.1 Å². The van der Waals surface area contributed by atoms with Crippen LogP contribution in [0.4, 0.5) is 0 Å². The molecule has 3 rings (SSSR count). The molecule has 0 bridgehead atoms. The number of carbonyl (C=O) groups is 1. The molecule has 1 amide bonds. The first-order valence-electron chi connectivity index (χ1n) is 10.2. The molecule has 1 saturated heterocycles. The molecule has 0 spiro atoms. The fraction of sp³-hybridized carbons (Fsp3) is 0.650. The minimum Gasteiger partial charge on any atom is -0.492 e. The van der Waals surface area contributed by atoms with Gasteiger partial charge in [-0.1, -0.05) is 19.3 Å². The first kappa shape index (κ1) is 21.1. The molecule has 0 radical (unpaired) electrons. The van der Waals surface area contributed by atoms with E-state index < -0.39 is 10.0 Å². The van der Waals surface area contributed by atoms with E-state index in [2.05, 4.69) is 4.90 Å². The summed E-state index contributed by atoms with van der Waals surface area (Å²) in [5.41, 5.74) is 0. The lowest BCUT2D eigenvalue weighted by Crippen LogP contribution is -2.49. The number of nitrogens with zero attached hydrogens (tertiary/aromatic N) is 2. The molecule has 1 saturated carbocycles. The fourth-order valence-electron chi connectivity index (χ4n) is 4.01. The Kier molecular flexibility index (Phi) is 7.31. The number of piperazine rings is 1. The highest BCUT2D eigenvalue weighted by atomic mass is 32.2. The lowest BCUT2D eigenvalue weighted by Gasteiger charge is -2.35. The number of primary sulfonamides is 1. The number of benzene rings is 1. The van der Waals surface area contributed by atoms with Crippen molar-refractivity contribution in [3.8, 4) is 5.75 Å². The van der Waals surface area contributed by atoms with Crippen LogP contribution in [0.15, 0.2) is 29.2 Å². The number of nitrogens with two attached hydrogens (primary N) is 1. The summed E-state index contributed by atoms with van der Waals surface area (Å²) in [6.45, 7) is 4.60. The van der Waals surface area contributed by atoms with E-state index in [1.807, 2.05) is 4.90 Å². The van der Waals surface area contributed by atoms with Crippen molar-refractivity contribution in [2.24, 2.45) is 11.1 Å². The van der Waals surface area contributed by atoms with E-state index in [4.69, 9.17) is 9.88 Å². The van der Waals surface area contributed by atoms with Gasteiger partial charge in [0.25, 0.3) is 0 Å². The molecule has 8 heteroatoms. The van der Waals surface area contributed by atoms with Gasteiger partial charge in [0.05, 0.1) is 4.90 Å². The van der Waals surface area contributed by atoms with Crippen molar-refractivity contribution in [1.29, 1.82) is 0 Å². The quantitative estimate of drug-likeness (QED) is 0.742. The van der Waals surface area contributed by atoms with Crippen LogP contribution in [-0.2, 0) is 14.8 Å². The molecule has 2 N–H and O–H groups in total. The minimum atomic E-state index is -3.68. The summed E-state index contributed by atoms with van der Waals surface area (Å²) in [6.07, 6.45) is 7.01. The zero-order valence-electron chi connectivity index (χ0n) is 16.4. The van der Waals surface area contributed by atoms with Crippen molar-refractivity contribution >= 4 is 15.9 Å². The van der Waals surface area contributed by atoms with Gasteiger partial charge in [-0.3, -0.25) is 9.69 Å². The van der Waals surface area contributed by atoms with Crippen LogP contribution >= 0.6 is 0 Å². The van der Waals surface area contributed by atoms with Crippen LogP contribution in [0.5, 0.6) is 5.75 Å². The van der Waals surface area contributed by atoms with Crippen LogP contribution in [0.1, 0.15) is 38.5 Å². The zero-order chi connectivity index (χ0) is 20.0. The molecule has 1 aromatic carbocycles. The smallest absolute Gasteiger partial charge is 0.238 e. The summed E-state index contributed by atoms with van der Waals surface area (Å²) in [6, 6.07) is 6.12. The Labute approximate surface area is 167 Å². The maximum absolute atomic E-state index is 12.5. The van der Waals surface area contributed by atoms with Gasteiger partial charge in [-0.25, -0.2) is 13.6 Å². The van der Waals surface area contributed by atoms with Gasteiger partial charge in [-0.2, -0.15) is 0 Å². The predicted octanol–water partition coefficient (Wildman–Crippen LogP) is 1.83. The summed E-state index contributed by atoms with van der Waals surface area (Å²) < 4.78 is 28.2. The van der Waals surface area contributed by atoms with E-state index in [1.165, 1.54) is 44.2 Å². The number of hydrogen-bond acceptors (Lipinski definition) is 5. The van der Waals surface area contributed by atoms with Crippen LogP contribution in [0, 0.1) is 5.92 Å². The first-order chi connectivity index (χ1) is 13.4. The highest BCUT2D eigenvalue weighted by Gasteiger charge is 2.24. The summed E-state index contributed by atoms with van der Waals surface area (Å²) in [7, 11) is -3.68. The second kappa shape index (κ2) is 9.71. The van der Waals surface area contributed by atoms with Gasteiger partial charge < -0.3 is 9.64 Å². The fourth-order valence-corrected chi connectivity index (χ4v) is 4.52. The second-order valence-electron chi connectivity index (χ2n) is 7.80. The van der Waals surface area contributed by atoms with Crippen LogP contribution in [0.2, 0.25) is 0 Å². The lowest BCUT2D eigenvalue weighted by atomic mass is 9.86. The summed E-state index contributed by atoms with van der Waals surface area (Å²) >= 11 is 0. The Hall–Kier alpha value is -1.64. The van der Waals surface area contributed by atoms with Gasteiger partial charge in [-0.05, 0) is 43.0 Å². The predicted molar refractivity (Wildman–Crippen MR) is 108 cm³/mol. The van der Waals surface area contributed by atoms with Crippen molar-refractivity contribution in [1.82, 2.24) is 9.80 Å². The molecule has 1 heterocycles. The van der Waals surface area contributed by atoms with Crippen LogP contribution in [0.3, 0.4) is 0 Å². The van der Waals surface area contributed by atoms with Crippen molar-refractivity contribution < 1.29 is 17.9 Å². The van der Waals surface area contributed by atoms with E-state index in [0.29, 0.717) is 24.2 Å². The third kappa shape index (κ3) is 6.18. The number of rotatable bonds is 7. The number of carbonyl (C=O) groups excluding carboxylic acids is 1. The Balaban J connectivity index is 1.34. The Morgan fingerprint density at radius 3 is 2.29 bits per heavy atom. The maximum atomic E-state index is 12.5. The van der Waals surface area contributed by atoms with Gasteiger partial charge in [0.2, 0.25) is 15.9 Å². The molecule has 0 atom stereocenters. The third-order valence-electron chi connectivity index (χ3n) is 5.74. The van der Waals surface area contributed by atoms with Crippen molar-refractivity contribution in [3.05, 3.63) is 24.3 Å². The topological polar surface area (TPSA) is 92.9 Å². The number of hydrogen-bond donors (Lipinski definition) is 1. The van der Waals surface area contributed by atoms with Crippen molar-refractivity contribution in [2.75, 3.05) is 39.3 Å². The zero-order valence-corrected chi connectivity index (χ0v) is 17.2.